The van der Waals surface area contributed by atoms with Crippen LogP contribution in [0.1, 0.15) is 41.0 Å². The van der Waals surface area contributed by atoms with Crippen molar-refractivity contribution < 1.29 is 9.90 Å². The fourth-order valence-corrected chi connectivity index (χ4v) is 2.38. The lowest BCUT2D eigenvalue weighted by atomic mass is 10.0. The summed E-state index contributed by atoms with van der Waals surface area (Å²) in [5.41, 5.74) is 1.98. The Kier molecular flexibility index (Phi) is 3.91. The Morgan fingerprint density at radius 1 is 1.44 bits per heavy atom. The van der Waals surface area contributed by atoms with Crippen LogP contribution in [0.25, 0.3) is 0 Å². The first kappa shape index (κ1) is 13.0. The summed E-state index contributed by atoms with van der Waals surface area (Å²) >= 11 is 0. The van der Waals surface area contributed by atoms with E-state index in [0.29, 0.717) is 17.8 Å². The van der Waals surface area contributed by atoms with E-state index in [1.165, 1.54) is 0 Å². The van der Waals surface area contributed by atoms with E-state index >= 15 is 0 Å². The summed E-state index contributed by atoms with van der Waals surface area (Å²) < 4.78 is 0. The minimum Gasteiger partial charge on any atom is -0.394 e. The lowest BCUT2D eigenvalue weighted by Crippen LogP contribution is -2.45. The maximum Gasteiger partial charge on any atom is 0.256 e. The first-order chi connectivity index (χ1) is 8.63. The molecule has 5 nitrogen and oxygen atoms in total. The summed E-state index contributed by atoms with van der Waals surface area (Å²) in [5, 5.41) is 17.3. The number of aryl methyl sites for hydroxylation is 2. The Morgan fingerprint density at radius 3 is 2.94 bits per heavy atom. The van der Waals surface area contributed by atoms with Crippen LogP contribution in [0.4, 0.5) is 0 Å². The van der Waals surface area contributed by atoms with Gasteiger partial charge in [0.25, 0.3) is 5.91 Å². The Labute approximate surface area is 107 Å². The average Bonchev–Trinajstić information content (AvgIpc) is 2.40. The third-order valence-corrected chi connectivity index (χ3v) is 3.43. The second-order valence-corrected chi connectivity index (χ2v) is 4.82. The highest BCUT2D eigenvalue weighted by atomic mass is 16.3. The number of amides is 1. The number of hydrogen-bond acceptors (Lipinski definition) is 4. The summed E-state index contributed by atoms with van der Waals surface area (Å²) in [5.74, 6) is -0.0377. The van der Waals surface area contributed by atoms with Crippen molar-refractivity contribution in [2.45, 2.75) is 39.2 Å². The summed E-state index contributed by atoms with van der Waals surface area (Å²) in [6, 6.07) is 1.72. The molecule has 0 aromatic carbocycles. The number of hydrogen-bond donors (Lipinski definition) is 1. The summed E-state index contributed by atoms with van der Waals surface area (Å²) in [6.07, 6.45) is 2.94. The fourth-order valence-electron chi connectivity index (χ4n) is 2.38. The van der Waals surface area contributed by atoms with Crippen LogP contribution >= 0.6 is 0 Å². The van der Waals surface area contributed by atoms with E-state index in [1.54, 1.807) is 17.9 Å². The maximum absolute atomic E-state index is 12.5. The second-order valence-electron chi connectivity index (χ2n) is 4.82. The van der Waals surface area contributed by atoms with E-state index in [9.17, 15) is 9.90 Å². The van der Waals surface area contributed by atoms with Gasteiger partial charge < -0.3 is 10.0 Å². The molecule has 18 heavy (non-hydrogen) atoms. The van der Waals surface area contributed by atoms with Gasteiger partial charge in [0.2, 0.25) is 0 Å². The minimum absolute atomic E-state index is 0.0300. The van der Waals surface area contributed by atoms with Crippen LogP contribution < -0.4 is 0 Å². The molecule has 1 N–H and O–H groups in total. The van der Waals surface area contributed by atoms with Gasteiger partial charge in [0, 0.05) is 6.54 Å². The number of rotatable bonds is 2. The normalized spacial score (nSPS) is 19.9. The third-order valence-electron chi connectivity index (χ3n) is 3.43. The SMILES string of the molecule is Cc1cc(C(=O)N2CCCCC2CO)c(C)nn1. The van der Waals surface area contributed by atoms with Gasteiger partial charge in [-0.05, 0) is 39.2 Å². The van der Waals surface area contributed by atoms with Crippen molar-refractivity contribution in [3.05, 3.63) is 23.0 Å². The average molecular weight is 249 g/mol. The van der Waals surface area contributed by atoms with Crippen molar-refractivity contribution in [3.8, 4) is 0 Å². The van der Waals surface area contributed by atoms with Crippen molar-refractivity contribution in [3.63, 3.8) is 0 Å². The Hall–Kier alpha value is -1.49. The highest BCUT2D eigenvalue weighted by Gasteiger charge is 2.28. The molecular formula is C13H19N3O2. The summed E-state index contributed by atoms with van der Waals surface area (Å²) in [7, 11) is 0. The standard InChI is InChI=1S/C13H19N3O2/c1-9-7-12(10(2)15-14-9)13(18)16-6-4-3-5-11(16)8-17/h7,11,17H,3-6,8H2,1-2H3. The quantitative estimate of drug-likeness (QED) is 0.851. The zero-order valence-electron chi connectivity index (χ0n) is 10.9. The zero-order chi connectivity index (χ0) is 13.1. The van der Waals surface area contributed by atoms with Gasteiger partial charge in [-0.3, -0.25) is 4.79 Å². The van der Waals surface area contributed by atoms with Gasteiger partial charge >= 0.3 is 0 Å². The predicted molar refractivity (Wildman–Crippen MR) is 67.3 cm³/mol. The molecule has 2 heterocycles. The molecule has 0 radical (unpaired) electrons. The monoisotopic (exact) mass is 249 g/mol. The molecular weight excluding hydrogens is 230 g/mol. The molecule has 1 aromatic heterocycles. The number of piperidine rings is 1. The molecule has 1 fully saturated rings. The van der Waals surface area contributed by atoms with Crippen LogP contribution in [-0.4, -0.2) is 45.3 Å². The number of nitrogens with zero attached hydrogens (tertiary/aromatic N) is 3. The topological polar surface area (TPSA) is 66.3 Å². The molecule has 1 aliphatic rings. The van der Waals surface area contributed by atoms with Gasteiger partial charge in [-0.15, -0.1) is 0 Å². The molecule has 5 heteroatoms. The number of carbonyl (C=O) groups excluding carboxylic acids is 1. The second kappa shape index (κ2) is 5.44. The van der Waals surface area contributed by atoms with Gasteiger partial charge in [0.05, 0.1) is 29.6 Å². The number of carbonyl (C=O) groups is 1. The molecule has 1 atom stereocenters. The largest absolute Gasteiger partial charge is 0.394 e. The molecule has 1 saturated heterocycles. The van der Waals surface area contributed by atoms with Crippen LogP contribution in [-0.2, 0) is 0 Å². The Bertz CT molecular complexity index is 448. The Morgan fingerprint density at radius 2 is 2.22 bits per heavy atom. The first-order valence-corrected chi connectivity index (χ1v) is 6.36. The van der Waals surface area contributed by atoms with Gasteiger partial charge in [-0.25, -0.2) is 0 Å². The predicted octanol–water partition coefficient (Wildman–Crippen LogP) is 1.08. The highest BCUT2D eigenvalue weighted by molar-refractivity contribution is 5.95. The summed E-state index contributed by atoms with van der Waals surface area (Å²) in [4.78, 5) is 14.3. The van der Waals surface area contributed by atoms with E-state index in [4.69, 9.17) is 0 Å². The maximum atomic E-state index is 12.5. The molecule has 0 aliphatic carbocycles. The molecule has 1 unspecified atom stereocenters. The lowest BCUT2D eigenvalue weighted by molar-refractivity contribution is 0.0501. The number of likely N-dealkylation sites (tertiary alicyclic amines) is 1. The molecule has 0 saturated carbocycles. The third kappa shape index (κ3) is 2.51. The molecule has 1 aliphatic heterocycles. The van der Waals surface area contributed by atoms with Crippen molar-refractivity contribution in [1.29, 1.82) is 0 Å². The highest BCUT2D eigenvalue weighted by Crippen LogP contribution is 2.20. The minimum atomic E-state index is -0.0564. The molecule has 1 amide bonds. The summed E-state index contributed by atoms with van der Waals surface area (Å²) in [6.45, 7) is 4.35. The zero-order valence-corrected chi connectivity index (χ0v) is 10.9. The van der Waals surface area contributed by atoms with Crippen molar-refractivity contribution in [2.75, 3.05) is 13.2 Å². The molecule has 2 rings (SSSR count). The molecule has 0 spiro atoms. The smallest absolute Gasteiger partial charge is 0.256 e. The molecule has 1 aromatic rings. The van der Waals surface area contributed by atoms with E-state index in [1.807, 2.05) is 6.92 Å². The van der Waals surface area contributed by atoms with E-state index in [-0.39, 0.29) is 18.6 Å². The Balaban J connectivity index is 2.26. The van der Waals surface area contributed by atoms with Gasteiger partial charge in [0.15, 0.2) is 0 Å². The van der Waals surface area contributed by atoms with E-state index < -0.39 is 0 Å². The van der Waals surface area contributed by atoms with Gasteiger partial charge in [0.1, 0.15) is 0 Å². The fraction of sp³-hybridized carbons (Fsp3) is 0.615. The number of aliphatic hydroxyl groups is 1. The van der Waals surface area contributed by atoms with Gasteiger partial charge in [-0.2, -0.15) is 10.2 Å². The number of aromatic nitrogens is 2. The van der Waals surface area contributed by atoms with Crippen LogP contribution in [0.5, 0.6) is 0 Å². The van der Waals surface area contributed by atoms with Crippen molar-refractivity contribution >= 4 is 5.91 Å². The molecule has 98 valence electrons. The van der Waals surface area contributed by atoms with E-state index in [0.717, 1.165) is 25.0 Å². The first-order valence-electron chi connectivity index (χ1n) is 6.36. The van der Waals surface area contributed by atoms with Gasteiger partial charge in [-0.1, -0.05) is 0 Å². The van der Waals surface area contributed by atoms with Crippen molar-refractivity contribution in [1.82, 2.24) is 15.1 Å². The molecule has 0 bridgehead atoms. The van der Waals surface area contributed by atoms with Crippen LogP contribution in [0.2, 0.25) is 0 Å². The number of aliphatic hydroxyl groups excluding tert-OH is 1. The lowest BCUT2D eigenvalue weighted by Gasteiger charge is -2.34. The van der Waals surface area contributed by atoms with Crippen LogP contribution in [0.15, 0.2) is 6.07 Å². The van der Waals surface area contributed by atoms with E-state index in [2.05, 4.69) is 10.2 Å². The van der Waals surface area contributed by atoms with Crippen molar-refractivity contribution in [2.24, 2.45) is 0 Å². The van der Waals surface area contributed by atoms with Crippen LogP contribution in [0, 0.1) is 13.8 Å². The van der Waals surface area contributed by atoms with Crippen LogP contribution in [0.3, 0.4) is 0 Å².